The van der Waals surface area contributed by atoms with Gasteiger partial charge in [-0.15, -0.1) is 0 Å². The van der Waals surface area contributed by atoms with Crippen LogP contribution in [0.3, 0.4) is 0 Å². The van der Waals surface area contributed by atoms with Gasteiger partial charge in [-0.1, -0.05) is 36.7 Å². The minimum absolute atomic E-state index is 0.107. The van der Waals surface area contributed by atoms with E-state index in [1.54, 1.807) is 35.2 Å². The van der Waals surface area contributed by atoms with E-state index in [9.17, 15) is 13.2 Å². The van der Waals surface area contributed by atoms with Gasteiger partial charge in [-0.2, -0.15) is 0 Å². The first-order chi connectivity index (χ1) is 11.9. The lowest BCUT2D eigenvalue weighted by Crippen LogP contribution is -2.41. The van der Waals surface area contributed by atoms with E-state index in [1.165, 1.54) is 5.41 Å². The molecule has 0 saturated carbocycles. The van der Waals surface area contributed by atoms with Crippen LogP contribution in [0.15, 0.2) is 60.0 Å². The van der Waals surface area contributed by atoms with E-state index in [4.69, 9.17) is 11.6 Å². The van der Waals surface area contributed by atoms with Crippen molar-refractivity contribution < 1.29 is 13.2 Å². The normalized spacial score (nSPS) is 18.2. The highest BCUT2D eigenvalue weighted by Gasteiger charge is 2.32. The molecule has 3 rings (SSSR count). The van der Waals surface area contributed by atoms with Crippen LogP contribution < -0.4 is 4.90 Å². The number of carbonyl (C=O) groups excluding carboxylic acids is 1. The van der Waals surface area contributed by atoms with Gasteiger partial charge in [-0.05, 0) is 48.4 Å². The molecule has 1 amide bonds. The zero-order chi connectivity index (χ0) is 18.0. The maximum Gasteiger partial charge on any atom is 0.258 e. The maximum absolute atomic E-state index is 13.2. The minimum atomic E-state index is -3.29. The Kier molecular flexibility index (Phi) is 4.97. The zero-order valence-electron chi connectivity index (χ0n) is 13.7. The topological polar surface area (TPSA) is 54.5 Å². The van der Waals surface area contributed by atoms with Gasteiger partial charge in [0.25, 0.3) is 5.91 Å². The second kappa shape index (κ2) is 7.02. The molecule has 1 atom stereocenters. The molecule has 25 heavy (non-hydrogen) atoms. The predicted molar refractivity (Wildman–Crippen MR) is 101 cm³/mol. The van der Waals surface area contributed by atoms with Gasteiger partial charge in [0.05, 0.1) is 11.8 Å². The second-order valence-electron chi connectivity index (χ2n) is 5.89. The van der Waals surface area contributed by atoms with Crippen LogP contribution in [0.2, 0.25) is 5.02 Å². The summed E-state index contributed by atoms with van der Waals surface area (Å²) in [5.74, 6) is -0.353. The van der Waals surface area contributed by atoms with E-state index >= 15 is 0 Å². The smallest absolute Gasteiger partial charge is 0.258 e. The molecule has 130 valence electrons. The van der Waals surface area contributed by atoms with Crippen LogP contribution >= 0.6 is 11.6 Å². The van der Waals surface area contributed by atoms with E-state index in [0.717, 1.165) is 17.7 Å². The van der Waals surface area contributed by atoms with Crippen molar-refractivity contribution in [1.82, 2.24) is 0 Å². The monoisotopic (exact) mass is 375 g/mol. The number of hydrogen-bond acceptors (Lipinski definition) is 3. The molecule has 2 aromatic rings. The number of carbonyl (C=O) groups is 1. The summed E-state index contributed by atoms with van der Waals surface area (Å²) in [4.78, 5) is 14.7. The van der Waals surface area contributed by atoms with Crippen molar-refractivity contribution in [2.45, 2.75) is 19.4 Å². The first-order valence-corrected chi connectivity index (χ1v) is 10.1. The Morgan fingerprint density at radius 3 is 2.44 bits per heavy atom. The molecule has 1 aliphatic rings. The molecule has 0 N–H and O–H groups in total. The van der Waals surface area contributed by atoms with Crippen LogP contribution in [0.25, 0.3) is 0 Å². The Bertz CT molecular complexity index is 920. The zero-order valence-corrected chi connectivity index (χ0v) is 15.3. The Labute approximate surface area is 152 Å². The molecule has 0 bridgehead atoms. The lowest BCUT2D eigenvalue weighted by molar-refractivity contribution is 0.0983. The summed E-state index contributed by atoms with van der Waals surface area (Å²) in [7, 11) is -3.29. The lowest BCUT2D eigenvalue weighted by atomic mass is 10.1. The van der Waals surface area contributed by atoms with Crippen LogP contribution in [0.4, 0.5) is 5.69 Å². The third-order valence-electron chi connectivity index (χ3n) is 4.18. The fourth-order valence-electron chi connectivity index (χ4n) is 2.94. The Morgan fingerprint density at radius 2 is 1.84 bits per heavy atom. The van der Waals surface area contributed by atoms with Crippen molar-refractivity contribution in [3.05, 3.63) is 76.2 Å². The van der Waals surface area contributed by atoms with Crippen molar-refractivity contribution in [1.29, 1.82) is 0 Å². The average Bonchev–Trinajstić information content (AvgIpc) is 2.95. The molecule has 0 aromatic heterocycles. The van der Waals surface area contributed by atoms with Gasteiger partial charge >= 0.3 is 0 Å². The third-order valence-corrected chi connectivity index (χ3v) is 5.81. The summed E-state index contributed by atoms with van der Waals surface area (Å²) in [6.45, 7) is 2.00. The Hall–Kier alpha value is -2.11. The number of para-hydroxylation sites is 1. The Balaban J connectivity index is 2.07. The molecule has 0 saturated heterocycles. The molecular formula is C19H18ClNO3S. The summed E-state index contributed by atoms with van der Waals surface area (Å²) in [6.07, 6.45) is 2.32. The van der Waals surface area contributed by atoms with Crippen LogP contribution in [-0.4, -0.2) is 26.1 Å². The number of sulfone groups is 1. The van der Waals surface area contributed by atoms with Crippen molar-refractivity contribution >= 4 is 33.0 Å². The summed E-state index contributed by atoms with van der Waals surface area (Å²) in [6, 6.07) is 13.6. The highest BCUT2D eigenvalue weighted by molar-refractivity contribution is 7.94. The number of amides is 1. The lowest BCUT2D eigenvalue weighted by Gasteiger charge is -2.29. The maximum atomic E-state index is 13.2. The third kappa shape index (κ3) is 3.78. The van der Waals surface area contributed by atoms with Crippen LogP contribution in [0.5, 0.6) is 0 Å². The van der Waals surface area contributed by atoms with E-state index in [2.05, 4.69) is 0 Å². The summed E-state index contributed by atoms with van der Waals surface area (Å²) < 4.78 is 23.8. The molecule has 1 unspecified atom stereocenters. The summed E-state index contributed by atoms with van der Waals surface area (Å²) >= 11 is 5.91. The van der Waals surface area contributed by atoms with Crippen molar-refractivity contribution in [3.8, 4) is 0 Å². The van der Waals surface area contributed by atoms with Gasteiger partial charge in [-0.3, -0.25) is 4.79 Å². The fraction of sp³-hybridized carbons (Fsp3) is 0.211. The predicted octanol–water partition coefficient (Wildman–Crippen LogP) is 3.86. The highest BCUT2D eigenvalue weighted by Crippen LogP contribution is 2.28. The number of hydrogen-bond donors (Lipinski definition) is 0. The SMILES string of the molecule is CCc1ccccc1N(C(=O)c1ccc(Cl)cc1)C1C=CS(=O)(=O)C1. The molecule has 1 heterocycles. The molecule has 0 aliphatic carbocycles. The number of benzene rings is 2. The van der Waals surface area contributed by atoms with Crippen LogP contribution in [0.1, 0.15) is 22.8 Å². The summed E-state index contributed by atoms with van der Waals surface area (Å²) in [5, 5.41) is 1.73. The first kappa shape index (κ1) is 17.7. The Morgan fingerprint density at radius 1 is 1.16 bits per heavy atom. The van der Waals surface area contributed by atoms with Crippen LogP contribution in [-0.2, 0) is 16.3 Å². The molecule has 0 fully saturated rings. The average molecular weight is 376 g/mol. The van der Waals surface area contributed by atoms with E-state index in [0.29, 0.717) is 10.6 Å². The minimum Gasteiger partial charge on any atom is -0.300 e. The van der Waals surface area contributed by atoms with Crippen molar-refractivity contribution in [2.24, 2.45) is 0 Å². The number of nitrogens with zero attached hydrogens (tertiary/aromatic N) is 1. The van der Waals surface area contributed by atoms with Gasteiger partial charge in [0.2, 0.25) is 0 Å². The molecule has 1 aliphatic heterocycles. The van der Waals surface area contributed by atoms with E-state index < -0.39 is 15.9 Å². The van der Waals surface area contributed by atoms with Gasteiger partial charge in [-0.25, -0.2) is 8.42 Å². The second-order valence-corrected chi connectivity index (χ2v) is 8.26. The number of rotatable bonds is 4. The van der Waals surface area contributed by atoms with Crippen LogP contribution in [0, 0.1) is 0 Å². The standard InChI is InChI=1S/C19H18ClNO3S/c1-2-14-5-3-4-6-18(14)21(17-11-12-25(23,24)13-17)19(22)15-7-9-16(20)10-8-15/h3-12,17H,2,13H2,1H3. The largest absolute Gasteiger partial charge is 0.300 e. The van der Waals surface area contributed by atoms with Crippen molar-refractivity contribution in [2.75, 3.05) is 10.7 Å². The molecule has 4 nitrogen and oxygen atoms in total. The molecule has 2 aromatic carbocycles. The molecule has 6 heteroatoms. The fourth-order valence-corrected chi connectivity index (χ4v) is 4.33. The van der Waals surface area contributed by atoms with E-state index in [-0.39, 0.29) is 11.7 Å². The van der Waals surface area contributed by atoms with Gasteiger partial charge in [0.15, 0.2) is 9.84 Å². The quantitative estimate of drug-likeness (QED) is 0.815. The molecule has 0 spiro atoms. The van der Waals surface area contributed by atoms with Gasteiger partial charge < -0.3 is 4.90 Å². The number of aryl methyl sites for hydroxylation is 1. The van der Waals surface area contributed by atoms with Crippen molar-refractivity contribution in [3.63, 3.8) is 0 Å². The van der Waals surface area contributed by atoms with Gasteiger partial charge in [0.1, 0.15) is 0 Å². The first-order valence-electron chi connectivity index (χ1n) is 7.99. The molecular weight excluding hydrogens is 358 g/mol. The highest BCUT2D eigenvalue weighted by atomic mass is 35.5. The summed E-state index contributed by atoms with van der Waals surface area (Å²) in [5.41, 5.74) is 2.19. The molecule has 0 radical (unpaired) electrons. The number of halogens is 1. The van der Waals surface area contributed by atoms with E-state index in [1.807, 2.05) is 31.2 Å². The number of anilines is 1. The van der Waals surface area contributed by atoms with Gasteiger partial charge in [0, 0.05) is 21.7 Å².